The van der Waals surface area contributed by atoms with Crippen LogP contribution in [-0.2, 0) is 11.2 Å². The van der Waals surface area contributed by atoms with Crippen molar-refractivity contribution in [1.29, 1.82) is 0 Å². The van der Waals surface area contributed by atoms with E-state index in [1.807, 2.05) is 43.0 Å². The van der Waals surface area contributed by atoms with Gasteiger partial charge in [-0.25, -0.2) is 0 Å². The van der Waals surface area contributed by atoms with Gasteiger partial charge in [-0.2, -0.15) is 5.10 Å². The highest BCUT2D eigenvalue weighted by molar-refractivity contribution is 5.94. The van der Waals surface area contributed by atoms with E-state index in [0.29, 0.717) is 25.1 Å². The third-order valence-electron chi connectivity index (χ3n) is 4.77. The average molecular weight is 370 g/mol. The molecule has 1 aromatic carbocycles. The minimum atomic E-state index is -0.184. The van der Waals surface area contributed by atoms with E-state index in [9.17, 15) is 9.59 Å². The molecule has 144 valence electrons. The Hall–Kier alpha value is -2.83. The second-order valence-corrected chi connectivity index (χ2v) is 7.12. The molecule has 1 aliphatic rings. The van der Waals surface area contributed by atoms with Gasteiger partial charge in [-0.15, -0.1) is 0 Å². The van der Waals surface area contributed by atoms with E-state index in [-0.39, 0.29) is 23.9 Å². The fourth-order valence-electron chi connectivity index (χ4n) is 3.15. The highest BCUT2D eigenvalue weighted by Crippen LogP contribution is 2.15. The van der Waals surface area contributed by atoms with Crippen molar-refractivity contribution in [1.82, 2.24) is 20.0 Å². The first kappa shape index (κ1) is 18.9. The van der Waals surface area contributed by atoms with Crippen LogP contribution < -0.4 is 10.1 Å². The third-order valence-corrected chi connectivity index (χ3v) is 4.77. The smallest absolute Gasteiger partial charge is 0.254 e. The van der Waals surface area contributed by atoms with Crippen molar-refractivity contribution in [2.24, 2.45) is 0 Å². The Morgan fingerprint density at radius 2 is 2.07 bits per heavy atom. The number of carbonyl (C=O) groups is 2. The summed E-state index contributed by atoms with van der Waals surface area (Å²) in [6.07, 6.45) is 4.41. The van der Waals surface area contributed by atoms with Gasteiger partial charge in [-0.05, 0) is 38.0 Å². The van der Waals surface area contributed by atoms with Gasteiger partial charge < -0.3 is 15.0 Å². The van der Waals surface area contributed by atoms with Crippen molar-refractivity contribution in [3.63, 3.8) is 0 Å². The molecule has 0 aliphatic carbocycles. The zero-order valence-electron chi connectivity index (χ0n) is 16.0. The number of ether oxygens (including phenoxy) is 1. The van der Waals surface area contributed by atoms with E-state index in [2.05, 4.69) is 10.4 Å². The summed E-state index contributed by atoms with van der Waals surface area (Å²) in [4.78, 5) is 26.5. The molecule has 7 nitrogen and oxygen atoms in total. The summed E-state index contributed by atoms with van der Waals surface area (Å²) < 4.78 is 6.90. The van der Waals surface area contributed by atoms with Crippen molar-refractivity contribution in [2.45, 2.75) is 38.8 Å². The fraction of sp³-hybridized carbons (Fsp3) is 0.450. The average Bonchev–Trinajstić information content (AvgIpc) is 3.27. The Kier molecular flexibility index (Phi) is 5.78. The van der Waals surface area contributed by atoms with E-state index in [1.165, 1.54) is 0 Å². The molecule has 2 aromatic rings. The van der Waals surface area contributed by atoms with Crippen molar-refractivity contribution < 1.29 is 14.3 Å². The summed E-state index contributed by atoms with van der Waals surface area (Å²) in [5.41, 5.74) is 1.67. The first-order valence-corrected chi connectivity index (χ1v) is 9.22. The van der Waals surface area contributed by atoms with Gasteiger partial charge in [0.15, 0.2) is 0 Å². The molecule has 27 heavy (non-hydrogen) atoms. The minimum Gasteiger partial charge on any atom is -0.497 e. The molecule has 1 atom stereocenters. The van der Waals surface area contributed by atoms with E-state index in [1.54, 1.807) is 24.2 Å². The molecule has 2 amide bonds. The van der Waals surface area contributed by atoms with Crippen molar-refractivity contribution in [2.75, 3.05) is 20.2 Å². The molecular formula is C20H26N4O3. The van der Waals surface area contributed by atoms with E-state index < -0.39 is 0 Å². The van der Waals surface area contributed by atoms with Gasteiger partial charge in [0, 0.05) is 31.7 Å². The summed E-state index contributed by atoms with van der Waals surface area (Å²) in [6.45, 7) is 5.19. The SMILES string of the molecule is COc1ccc(CCN2C[C@H](NC(=O)c3cnn(C(C)C)c3)CC2=O)cc1. The topological polar surface area (TPSA) is 76.5 Å². The van der Waals surface area contributed by atoms with E-state index in [0.717, 1.165) is 17.7 Å². The van der Waals surface area contributed by atoms with Crippen LogP contribution in [0.15, 0.2) is 36.7 Å². The predicted molar refractivity (Wildman–Crippen MR) is 102 cm³/mol. The number of carbonyl (C=O) groups excluding carboxylic acids is 2. The number of nitrogens with zero attached hydrogens (tertiary/aromatic N) is 3. The molecule has 3 rings (SSSR count). The van der Waals surface area contributed by atoms with Crippen LogP contribution >= 0.6 is 0 Å². The van der Waals surface area contributed by atoms with Gasteiger partial charge in [0.1, 0.15) is 5.75 Å². The molecule has 1 aromatic heterocycles. The maximum Gasteiger partial charge on any atom is 0.254 e. The Labute approximate surface area is 159 Å². The normalized spacial score (nSPS) is 16.8. The van der Waals surface area contributed by atoms with Gasteiger partial charge in [0.2, 0.25) is 5.91 Å². The van der Waals surface area contributed by atoms with Crippen molar-refractivity contribution >= 4 is 11.8 Å². The monoisotopic (exact) mass is 370 g/mol. The fourth-order valence-corrected chi connectivity index (χ4v) is 3.15. The number of nitrogens with one attached hydrogen (secondary N) is 1. The lowest BCUT2D eigenvalue weighted by Gasteiger charge is -2.17. The van der Waals surface area contributed by atoms with Crippen LogP contribution in [0.4, 0.5) is 0 Å². The summed E-state index contributed by atoms with van der Waals surface area (Å²) in [7, 11) is 1.64. The van der Waals surface area contributed by atoms with E-state index >= 15 is 0 Å². The largest absolute Gasteiger partial charge is 0.497 e. The van der Waals surface area contributed by atoms with Crippen molar-refractivity contribution in [3.8, 4) is 5.75 Å². The quantitative estimate of drug-likeness (QED) is 0.809. The zero-order chi connectivity index (χ0) is 19.4. The molecule has 2 heterocycles. The van der Waals surface area contributed by atoms with E-state index in [4.69, 9.17) is 4.74 Å². The highest BCUT2D eigenvalue weighted by Gasteiger charge is 2.30. The minimum absolute atomic E-state index is 0.0756. The first-order chi connectivity index (χ1) is 13.0. The Morgan fingerprint density at radius 3 is 2.70 bits per heavy atom. The molecular weight excluding hydrogens is 344 g/mol. The number of hydrogen-bond acceptors (Lipinski definition) is 4. The first-order valence-electron chi connectivity index (χ1n) is 9.22. The number of rotatable bonds is 7. The standard InChI is InChI=1S/C20H26N4O3/c1-14(2)24-12-16(11-21-24)20(26)22-17-10-19(25)23(13-17)9-8-15-4-6-18(27-3)7-5-15/h4-7,11-12,14,17H,8-10,13H2,1-3H3,(H,22,26)/t17-/m1/s1. The van der Waals surface area contributed by atoms with Crippen LogP contribution in [-0.4, -0.2) is 52.7 Å². The molecule has 0 spiro atoms. The zero-order valence-corrected chi connectivity index (χ0v) is 16.0. The maximum atomic E-state index is 12.4. The van der Waals surface area contributed by atoms with Gasteiger partial charge in [-0.3, -0.25) is 14.3 Å². The van der Waals surface area contributed by atoms with Crippen LogP contribution in [0.5, 0.6) is 5.75 Å². The second-order valence-electron chi connectivity index (χ2n) is 7.12. The van der Waals surface area contributed by atoms with Crippen LogP contribution in [0.25, 0.3) is 0 Å². The molecule has 0 unspecified atom stereocenters. The van der Waals surface area contributed by atoms with Gasteiger partial charge >= 0.3 is 0 Å². The summed E-state index contributed by atoms with van der Waals surface area (Å²) in [6, 6.07) is 7.88. The lowest BCUT2D eigenvalue weighted by Crippen LogP contribution is -2.37. The van der Waals surface area contributed by atoms with Crippen molar-refractivity contribution in [3.05, 3.63) is 47.8 Å². The Balaban J connectivity index is 1.51. The number of likely N-dealkylation sites (tertiary alicyclic amines) is 1. The third kappa shape index (κ3) is 4.67. The number of aromatic nitrogens is 2. The second kappa shape index (κ2) is 8.24. The van der Waals surface area contributed by atoms with Gasteiger partial charge in [0.05, 0.1) is 24.9 Å². The van der Waals surface area contributed by atoms with Gasteiger partial charge in [-0.1, -0.05) is 12.1 Å². The number of hydrogen-bond donors (Lipinski definition) is 1. The maximum absolute atomic E-state index is 12.4. The van der Waals surface area contributed by atoms with Crippen LogP contribution in [0.2, 0.25) is 0 Å². The molecule has 0 bridgehead atoms. The van der Waals surface area contributed by atoms with Crippen LogP contribution in [0, 0.1) is 0 Å². The number of methoxy groups -OCH3 is 1. The summed E-state index contributed by atoms with van der Waals surface area (Å²) in [5, 5.41) is 7.14. The van der Waals surface area contributed by atoms with Gasteiger partial charge in [0.25, 0.3) is 5.91 Å². The lowest BCUT2D eigenvalue weighted by molar-refractivity contribution is -0.127. The number of amides is 2. The molecule has 0 radical (unpaired) electrons. The van der Waals surface area contributed by atoms with Crippen LogP contribution in [0.1, 0.15) is 42.2 Å². The molecule has 0 saturated carbocycles. The highest BCUT2D eigenvalue weighted by atomic mass is 16.5. The molecule has 1 N–H and O–H groups in total. The van der Waals surface area contributed by atoms with Crippen LogP contribution in [0.3, 0.4) is 0 Å². The molecule has 1 aliphatic heterocycles. The Morgan fingerprint density at radius 1 is 1.33 bits per heavy atom. The lowest BCUT2D eigenvalue weighted by atomic mass is 10.1. The Bertz CT molecular complexity index is 798. The number of benzene rings is 1. The molecule has 1 fully saturated rings. The molecule has 7 heteroatoms. The summed E-state index contributed by atoms with van der Waals surface area (Å²) in [5.74, 6) is 0.711. The predicted octanol–water partition coefficient (Wildman–Crippen LogP) is 2.05. The summed E-state index contributed by atoms with van der Waals surface area (Å²) >= 11 is 0. The molecule has 1 saturated heterocycles.